The van der Waals surface area contributed by atoms with Crippen molar-refractivity contribution in [3.05, 3.63) is 64.9 Å². The maximum absolute atomic E-state index is 13.7. The molecule has 16 heteroatoms. The molecule has 0 unspecified atom stereocenters. The van der Waals surface area contributed by atoms with Gasteiger partial charge in [0.05, 0.1) is 36.6 Å². The van der Waals surface area contributed by atoms with E-state index in [0.717, 1.165) is 41.9 Å². The molecule has 13 nitrogen and oxygen atoms in total. The van der Waals surface area contributed by atoms with E-state index in [0.29, 0.717) is 59.5 Å². The van der Waals surface area contributed by atoms with Crippen molar-refractivity contribution in [1.29, 1.82) is 0 Å². The quantitative estimate of drug-likeness (QED) is 0.236. The molecule has 268 valence electrons. The molecule has 5 aromatic rings. The van der Waals surface area contributed by atoms with Crippen molar-refractivity contribution in [3.63, 3.8) is 0 Å². The number of nitrogens with one attached hydrogen (secondary N) is 1. The second kappa shape index (κ2) is 12.9. The molecule has 4 aromatic heterocycles. The van der Waals surface area contributed by atoms with Crippen LogP contribution in [0.15, 0.2) is 36.4 Å². The number of amides is 2. The number of nitrogens with zero attached hydrogens (tertiary/aromatic N) is 8. The van der Waals surface area contributed by atoms with Crippen molar-refractivity contribution in [3.8, 4) is 17.3 Å². The Morgan fingerprint density at radius 3 is 2.53 bits per heavy atom. The Balaban J connectivity index is 1.24. The zero-order valence-electron chi connectivity index (χ0n) is 29.0. The number of imidazole rings is 1. The van der Waals surface area contributed by atoms with Crippen molar-refractivity contribution >= 4 is 33.9 Å². The smallest absolute Gasteiger partial charge is 0.433 e. The molecule has 3 N–H and O–H groups in total. The zero-order valence-corrected chi connectivity index (χ0v) is 29.0. The number of alkyl halides is 3. The average Bonchev–Trinajstić information content (AvgIpc) is 3.76. The highest BCUT2D eigenvalue weighted by Crippen LogP contribution is 2.38. The molecule has 0 radical (unpaired) electrons. The van der Waals surface area contributed by atoms with Crippen LogP contribution in [0.2, 0.25) is 0 Å². The summed E-state index contributed by atoms with van der Waals surface area (Å²) >= 11 is 0. The first-order valence-electron chi connectivity index (χ1n) is 16.8. The number of halogens is 3. The first kappa shape index (κ1) is 34.4. The van der Waals surface area contributed by atoms with E-state index < -0.39 is 29.6 Å². The standard InChI is InChI=1S/C35H39F3N10O3/c1-18-12-28(35(36,37)38)44-30(40-18)33(49)41-19(2)24-9-8-21-14-26(47(31(21)42-24)16-20-6-7-20)32-43-25-13-22(15-27(51-5)29(25)46(32)4)34(50)48-17-23(39)10-11-45(48)3/h8-9,12-15,19-20,23H,6-7,10-11,16-17,39H2,1-5H3,(H,41,49)/t19-,23-/m1/s1. The van der Waals surface area contributed by atoms with Gasteiger partial charge in [0.25, 0.3) is 11.8 Å². The molecule has 0 bridgehead atoms. The highest BCUT2D eigenvalue weighted by molar-refractivity contribution is 6.00. The van der Waals surface area contributed by atoms with Gasteiger partial charge < -0.3 is 24.9 Å². The van der Waals surface area contributed by atoms with Crippen LogP contribution in [0.3, 0.4) is 0 Å². The van der Waals surface area contributed by atoms with Gasteiger partial charge in [-0.3, -0.25) is 14.6 Å². The van der Waals surface area contributed by atoms with Gasteiger partial charge in [0, 0.05) is 49.9 Å². The lowest BCUT2D eigenvalue weighted by Gasteiger charge is -2.38. The van der Waals surface area contributed by atoms with Crippen LogP contribution in [-0.4, -0.2) is 84.2 Å². The van der Waals surface area contributed by atoms with Gasteiger partial charge in [0.1, 0.15) is 22.6 Å². The van der Waals surface area contributed by atoms with E-state index in [1.807, 2.05) is 35.8 Å². The topological polar surface area (TPSA) is 149 Å². The number of benzene rings is 1. The third kappa shape index (κ3) is 6.60. The number of carbonyl (C=O) groups is 2. The average molecular weight is 705 g/mol. The summed E-state index contributed by atoms with van der Waals surface area (Å²) in [7, 11) is 5.34. The third-order valence-corrected chi connectivity index (χ3v) is 9.55. The summed E-state index contributed by atoms with van der Waals surface area (Å²) in [5.41, 5.74) is 8.82. The number of rotatable bonds is 8. The maximum atomic E-state index is 13.7. The van der Waals surface area contributed by atoms with E-state index in [4.69, 9.17) is 20.4 Å². The molecule has 51 heavy (non-hydrogen) atoms. The number of methoxy groups -OCH3 is 1. The van der Waals surface area contributed by atoms with Gasteiger partial charge in [0.2, 0.25) is 5.82 Å². The summed E-state index contributed by atoms with van der Waals surface area (Å²) in [4.78, 5) is 44.0. The predicted molar refractivity (Wildman–Crippen MR) is 183 cm³/mol. The summed E-state index contributed by atoms with van der Waals surface area (Å²) in [5, 5.41) is 7.10. The third-order valence-electron chi connectivity index (χ3n) is 9.55. The largest absolute Gasteiger partial charge is 0.494 e. The Hall–Kier alpha value is -5.09. The molecule has 2 amide bonds. The summed E-state index contributed by atoms with van der Waals surface area (Å²) in [6.45, 7) is 4.87. The molecule has 1 aliphatic heterocycles. The van der Waals surface area contributed by atoms with Crippen LogP contribution in [0.5, 0.6) is 5.75 Å². The van der Waals surface area contributed by atoms with E-state index in [1.165, 1.54) is 6.92 Å². The van der Waals surface area contributed by atoms with Crippen LogP contribution in [0.4, 0.5) is 13.2 Å². The highest BCUT2D eigenvalue weighted by atomic mass is 19.4. The molecule has 2 aliphatic rings. The zero-order chi connectivity index (χ0) is 36.4. The van der Waals surface area contributed by atoms with Crippen LogP contribution >= 0.6 is 0 Å². The monoisotopic (exact) mass is 704 g/mol. The van der Waals surface area contributed by atoms with Crippen LogP contribution in [0.1, 0.15) is 70.3 Å². The van der Waals surface area contributed by atoms with Crippen molar-refractivity contribution in [2.24, 2.45) is 18.7 Å². The Labute approximate surface area is 291 Å². The van der Waals surface area contributed by atoms with E-state index in [2.05, 4.69) is 19.9 Å². The normalized spacial score (nSPS) is 17.7. The van der Waals surface area contributed by atoms with Gasteiger partial charge in [0.15, 0.2) is 5.82 Å². The predicted octanol–water partition coefficient (Wildman–Crippen LogP) is 4.64. The number of aromatic nitrogens is 6. The van der Waals surface area contributed by atoms with Crippen LogP contribution in [0, 0.1) is 12.8 Å². The van der Waals surface area contributed by atoms with Crippen molar-refractivity contribution in [1.82, 2.24) is 44.4 Å². The number of ether oxygens (including phenoxy) is 1. The summed E-state index contributed by atoms with van der Waals surface area (Å²) in [6, 6.07) is 9.23. The number of hydrogen-bond donors (Lipinski definition) is 2. The lowest BCUT2D eigenvalue weighted by atomic mass is 10.1. The molecular formula is C35H39F3N10O3. The minimum Gasteiger partial charge on any atom is -0.494 e. The van der Waals surface area contributed by atoms with Crippen molar-refractivity contribution < 1.29 is 27.5 Å². The number of fused-ring (bicyclic) bond motifs is 2. The number of hydrazine groups is 1. The second-order valence-electron chi connectivity index (χ2n) is 13.5. The van der Waals surface area contributed by atoms with E-state index >= 15 is 0 Å². The minimum atomic E-state index is -4.71. The Morgan fingerprint density at radius 2 is 1.82 bits per heavy atom. The van der Waals surface area contributed by atoms with Gasteiger partial charge in [-0.15, -0.1) is 0 Å². The summed E-state index contributed by atoms with van der Waals surface area (Å²) in [5.74, 6) is 0.0388. The fourth-order valence-corrected chi connectivity index (χ4v) is 6.59. The Kier molecular flexibility index (Phi) is 8.70. The SMILES string of the molecule is COc1cc(C(=O)N2C[C@H](N)CCN2C)cc2nc(-c3cc4ccc([C@@H](C)NC(=O)c5nc(C)cc(C(F)(F)F)n5)nc4n3CC3CC3)n(C)c12. The fraction of sp³-hybridized carbons (Fsp3) is 0.429. The summed E-state index contributed by atoms with van der Waals surface area (Å²) < 4.78 is 49.9. The number of hydrogen-bond acceptors (Lipinski definition) is 9. The first-order valence-corrected chi connectivity index (χ1v) is 16.8. The van der Waals surface area contributed by atoms with Crippen LogP contribution < -0.4 is 15.8 Å². The first-order chi connectivity index (χ1) is 24.2. The molecule has 1 aliphatic carbocycles. The van der Waals surface area contributed by atoms with E-state index in [-0.39, 0.29) is 17.6 Å². The lowest BCUT2D eigenvalue weighted by molar-refractivity contribution is -0.141. The van der Waals surface area contributed by atoms with Crippen molar-refractivity contribution in [2.75, 3.05) is 27.2 Å². The van der Waals surface area contributed by atoms with Gasteiger partial charge >= 0.3 is 6.18 Å². The molecule has 2 atom stereocenters. The number of aryl methyl sites for hydroxylation is 2. The van der Waals surface area contributed by atoms with Gasteiger partial charge in [-0.1, -0.05) is 0 Å². The number of nitrogens with two attached hydrogens (primary N) is 1. The van der Waals surface area contributed by atoms with Gasteiger partial charge in [-0.25, -0.2) is 24.9 Å². The maximum Gasteiger partial charge on any atom is 0.433 e. The molecule has 0 spiro atoms. The number of carbonyl (C=O) groups excluding carboxylic acids is 2. The minimum absolute atomic E-state index is 0.0295. The summed E-state index contributed by atoms with van der Waals surface area (Å²) in [6.07, 6.45) is -1.75. The molecule has 5 heterocycles. The molecule has 1 saturated heterocycles. The number of pyridine rings is 1. The molecular weight excluding hydrogens is 665 g/mol. The highest BCUT2D eigenvalue weighted by Gasteiger charge is 2.34. The Morgan fingerprint density at radius 1 is 1.06 bits per heavy atom. The molecule has 2 fully saturated rings. The van der Waals surface area contributed by atoms with E-state index in [9.17, 15) is 22.8 Å². The lowest BCUT2D eigenvalue weighted by Crippen LogP contribution is -2.55. The fourth-order valence-electron chi connectivity index (χ4n) is 6.59. The molecule has 7 rings (SSSR count). The molecule has 1 aromatic carbocycles. The van der Waals surface area contributed by atoms with Gasteiger partial charge in [-0.2, -0.15) is 13.2 Å². The van der Waals surface area contributed by atoms with Gasteiger partial charge in [-0.05, 0) is 75.4 Å². The van der Waals surface area contributed by atoms with Crippen LogP contribution in [0.25, 0.3) is 33.6 Å². The second-order valence-corrected chi connectivity index (χ2v) is 13.5. The molecule has 1 saturated carbocycles. The Bertz CT molecular complexity index is 2170. The van der Waals surface area contributed by atoms with Crippen molar-refractivity contribution in [2.45, 2.75) is 57.9 Å². The van der Waals surface area contributed by atoms with Crippen LogP contribution in [-0.2, 0) is 19.8 Å². The van der Waals surface area contributed by atoms with E-state index in [1.54, 1.807) is 37.2 Å².